The van der Waals surface area contributed by atoms with Gasteiger partial charge in [0.05, 0.1) is 29.8 Å². The molecular formula is C19H19N7OS. The molecular weight excluding hydrogens is 374 g/mol. The number of nitrogens with one attached hydrogen (secondary N) is 2. The Morgan fingerprint density at radius 3 is 3.04 bits per heavy atom. The van der Waals surface area contributed by atoms with Gasteiger partial charge >= 0.3 is 0 Å². The van der Waals surface area contributed by atoms with Crippen molar-refractivity contribution in [3.63, 3.8) is 0 Å². The second kappa shape index (κ2) is 6.52. The van der Waals surface area contributed by atoms with Gasteiger partial charge in [-0.2, -0.15) is 5.10 Å². The Balaban J connectivity index is 1.52. The lowest BCUT2D eigenvalue weighted by atomic mass is 10.0. The van der Waals surface area contributed by atoms with Gasteiger partial charge in [-0.1, -0.05) is 13.8 Å². The van der Waals surface area contributed by atoms with Crippen molar-refractivity contribution in [2.45, 2.75) is 26.8 Å². The van der Waals surface area contributed by atoms with Crippen LogP contribution in [-0.4, -0.2) is 42.5 Å². The van der Waals surface area contributed by atoms with E-state index in [4.69, 9.17) is 0 Å². The number of thiophene rings is 1. The highest BCUT2D eigenvalue weighted by Gasteiger charge is 2.27. The van der Waals surface area contributed by atoms with E-state index in [0.717, 1.165) is 39.9 Å². The number of nitrogens with zero attached hydrogens (tertiary/aromatic N) is 5. The normalized spacial score (nSPS) is 14.0. The summed E-state index contributed by atoms with van der Waals surface area (Å²) in [5.74, 6) is 1.67. The van der Waals surface area contributed by atoms with Crippen LogP contribution in [0.15, 0.2) is 24.8 Å². The summed E-state index contributed by atoms with van der Waals surface area (Å²) in [7, 11) is 0. The lowest BCUT2D eigenvalue weighted by Crippen LogP contribution is -2.37. The Hall–Kier alpha value is -3.07. The van der Waals surface area contributed by atoms with E-state index in [2.05, 4.69) is 30.5 Å². The Morgan fingerprint density at radius 2 is 2.18 bits per heavy atom. The molecule has 5 heterocycles. The molecule has 0 unspecified atom stereocenters. The summed E-state index contributed by atoms with van der Waals surface area (Å²) in [6.45, 7) is 5.26. The number of aromatic amines is 1. The first-order valence-electron chi connectivity index (χ1n) is 9.20. The number of carbonyl (C=O) groups is 1. The highest BCUT2D eigenvalue weighted by atomic mass is 32.1. The third-order valence-electron chi connectivity index (χ3n) is 5.01. The maximum Gasteiger partial charge on any atom is 0.225 e. The minimum absolute atomic E-state index is 0.0110. The van der Waals surface area contributed by atoms with Crippen molar-refractivity contribution in [2.24, 2.45) is 5.92 Å². The van der Waals surface area contributed by atoms with E-state index in [9.17, 15) is 4.79 Å². The number of anilines is 2. The summed E-state index contributed by atoms with van der Waals surface area (Å²) in [6.07, 6.45) is 5.90. The quantitative estimate of drug-likeness (QED) is 0.554. The van der Waals surface area contributed by atoms with Crippen molar-refractivity contribution in [3.05, 3.63) is 35.2 Å². The Labute approximate surface area is 165 Å². The molecule has 0 saturated heterocycles. The number of fused-ring (bicyclic) bond motifs is 4. The van der Waals surface area contributed by atoms with E-state index < -0.39 is 0 Å². The van der Waals surface area contributed by atoms with Gasteiger partial charge in [0.2, 0.25) is 5.91 Å². The summed E-state index contributed by atoms with van der Waals surface area (Å²) in [5.41, 5.74) is 2.13. The predicted molar refractivity (Wildman–Crippen MR) is 109 cm³/mol. The first-order valence-corrected chi connectivity index (χ1v) is 10.0. The first kappa shape index (κ1) is 17.1. The minimum atomic E-state index is 0.0110. The molecule has 1 aliphatic heterocycles. The molecule has 2 N–H and O–H groups in total. The van der Waals surface area contributed by atoms with E-state index in [1.807, 2.05) is 24.8 Å². The topological polar surface area (TPSA) is 99.7 Å². The van der Waals surface area contributed by atoms with Gasteiger partial charge in [-0.15, -0.1) is 11.3 Å². The van der Waals surface area contributed by atoms with Crippen LogP contribution in [-0.2, 0) is 17.8 Å². The molecule has 0 bridgehead atoms. The number of aromatic nitrogens is 5. The average molecular weight is 393 g/mol. The van der Waals surface area contributed by atoms with Crippen molar-refractivity contribution in [1.29, 1.82) is 0 Å². The molecule has 5 rings (SSSR count). The van der Waals surface area contributed by atoms with Crippen LogP contribution in [0.25, 0.3) is 21.1 Å². The van der Waals surface area contributed by atoms with Gasteiger partial charge in [-0.3, -0.25) is 9.89 Å². The summed E-state index contributed by atoms with van der Waals surface area (Å²) in [5, 5.41) is 12.3. The Kier molecular flexibility index (Phi) is 3.97. The number of hydrogen-bond donors (Lipinski definition) is 2. The predicted octanol–water partition coefficient (Wildman–Crippen LogP) is 3.25. The molecule has 0 aliphatic carbocycles. The van der Waals surface area contributed by atoms with Crippen LogP contribution in [0.2, 0.25) is 0 Å². The number of hydrogen-bond acceptors (Lipinski definition) is 7. The molecule has 9 heteroatoms. The van der Waals surface area contributed by atoms with Crippen molar-refractivity contribution in [2.75, 3.05) is 11.9 Å². The van der Waals surface area contributed by atoms with Gasteiger partial charge < -0.3 is 10.2 Å². The molecule has 0 fully saturated rings. The fourth-order valence-corrected chi connectivity index (χ4v) is 4.81. The van der Waals surface area contributed by atoms with E-state index in [-0.39, 0.29) is 11.8 Å². The summed E-state index contributed by atoms with van der Waals surface area (Å²) in [4.78, 5) is 29.8. The zero-order valence-electron chi connectivity index (χ0n) is 15.6. The van der Waals surface area contributed by atoms with E-state index in [1.165, 1.54) is 10.4 Å². The second-order valence-corrected chi connectivity index (χ2v) is 8.31. The molecule has 0 atom stereocenters. The molecule has 0 spiro atoms. The molecule has 142 valence electrons. The van der Waals surface area contributed by atoms with Gasteiger partial charge in [-0.25, -0.2) is 15.0 Å². The maximum absolute atomic E-state index is 12.4. The van der Waals surface area contributed by atoms with Crippen molar-refractivity contribution in [1.82, 2.24) is 30.0 Å². The van der Waals surface area contributed by atoms with E-state index in [1.54, 1.807) is 30.1 Å². The van der Waals surface area contributed by atoms with Gasteiger partial charge in [0.15, 0.2) is 0 Å². The standard InChI is InChI=1S/C19H19N7OS/c1-10(2)19(27)26-4-3-12-14(8-26)28-18-16(12)17(21-9-22-18)24-15-5-11-6-23-25-13(11)7-20-15/h5-7,9-10H,3-4,8H2,1-2H3,(H,23,25)(H,20,21,22,24). The van der Waals surface area contributed by atoms with Gasteiger partial charge in [-0.05, 0) is 18.1 Å². The van der Waals surface area contributed by atoms with E-state index >= 15 is 0 Å². The summed E-state index contributed by atoms with van der Waals surface area (Å²) in [6, 6.07) is 1.94. The van der Waals surface area contributed by atoms with Crippen molar-refractivity contribution < 1.29 is 4.79 Å². The van der Waals surface area contributed by atoms with Crippen LogP contribution in [0.4, 0.5) is 11.6 Å². The van der Waals surface area contributed by atoms with Crippen LogP contribution < -0.4 is 5.32 Å². The number of carbonyl (C=O) groups excluding carboxylic acids is 1. The molecule has 0 saturated carbocycles. The third kappa shape index (κ3) is 2.78. The van der Waals surface area contributed by atoms with E-state index in [0.29, 0.717) is 12.4 Å². The van der Waals surface area contributed by atoms with Gasteiger partial charge in [0.1, 0.15) is 22.8 Å². The molecule has 4 aromatic heterocycles. The Morgan fingerprint density at radius 1 is 1.29 bits per heavy atom. The molecule has 8 nitrogen and oxygen atoms in total. The molecule has 28 heavy (non-hydrogen) atoms. The van der Waals surface area contributed by atoms with Crippen LogP contribution in [0, 0.1) is 5.92 Å². The fraction of sp³-hybridized carbons (Fsp3) is 0.316. The highest BCUT2D eigenvalue weighted by Crippen LogP contribution is 2.38. The largest absolute Gasteiger partial charge is 0.337 e. The van der Waals surface area contributed by atoms with Crippen LogP contribution in [0.5, 0.6) is 0 Å². The SMILES string of the molecule is CC(C)C(=O)N1CCc2c(sc3ncnc(Nc4cc5cn[nH]c5cn4)c23)C1. The zero-order valence-corrected chi connectivity index (χ0v) is 16.4. The number of amides is 1. The smallest absolute Gasteiger partial charge is 0.225 e. The van der Waals surface area contributed by atoms with Crippen LogP contribution in [0.3, 0.4) is 0 Å². The number of pyridine rings is 1. The average Bonchev–Trinajstić information content (AvgIpc) is 3.30. The second-order valence-electron chi connectivity index (χ2n) is 7.22. The maximum atomic E-state index is 12.4. The van der Waals surface area contributed by atoms with Crippen molar-refractivity contribution in [3.8, 4) is 0 Å². The molecule has 0 radical (unpaired) electrons. The number of rotatable bonds is 3. The highest BCUT2D eigenvalue weighted by molar-refractivity contribution is 7.19. The summed E-state index contributed by atoms with van der Waals surface area (Å²) < 4.78 is 0. The zero-order chi connectivity index (χ0) is 19.3. The molecule has 4 aromatic rings. The van der Waals surface area contributed by atoms with Crippen molar-refractivity contribution >= 4 is 50.0 Å². The molecule has 0 aromatic carbocycles. The van der Waals surface area contributed by atoms with Gasteiger partial charge in [0.25, 0.3) is 0 Å². The molecule has 1 amide bonds. The Bertz CT molecular complexity index is 1200. The molecule has 1 aliphatic rings. The number of H-pyrrole nitrogens is 1. The lowest BCUT2D eigenvalue weighted by Gasteiger charge is -2.28. The van der Waals surface area contributed by atoms with Gasteiger partial charge in [0, 0.05) is 22.7 Å². The minimum Gasteiger partial charge on any atom is -0.337 e. The third-order valence-corrected chi connectivity index (χ3v) is 6.14. The van der Waals surface area contributed by atoms with Crippen LogP contribution in [0.1, 0.15) is 24.3 Å². The first-order chi connectivity index (χ1) is 13.6. The fourth-order valence-electron chi connectivity index (χ4n) is 3.61. The lowest BCUT2D eigenvalue weighted by molar-refractivity contribution is -0.135. The van der Waals surface area contributed by atoms with Crippen LogP contribution >= 0.6 is 11.3 Å². The monoisotopic (exact) mass is 393 g/mol. The summed E-state index contributed by atoms with van der Waals surface area (Å²) >= 11 is 1.64.